The summed E-state index contributed by atoms with van der Waals surface area (Å²) < 4.78 is 11.7. The lowest BCUT2D eigenvalue weighted by molar-refractivity contribution is -0.143. The molecule has 0 radical (unpaired) electrons. The Morgan fingerprint density at radius 2 is 1.34 bits per heavy atom. The molecule has 1 rings (SSSR count). The second kappa shape index (κ2) is 14.2. The number of benzene rings is 1. The molecule has 3 nitrogen and oxygen atoms in total. The molecular formula is C24H44O3Si2. The molecule has 0 N–H and O–H groups in total. The van der Waals surface area contributed by atoms with Crippen molar-refractivity contribution in [1.29, 1.82) is 0 Å². The maximum atomic E-state index is 11.8. The molecule has 0 fully saturated rings. The smallest absolute Gasteiger partial charge is 0.305 e. The predicted octanol–water partition coefficient (Wildman–Crippen LogP) is 7.34. The van der Waals surface area contributed by atoms with Crippen molar-refractivity contribution < 1.29 is 13.6 Å². The molecule has 0 heterocycles. The summed E-state index contributed by atoms with van der Waals surface area (Å²) >= 11 is 0. The minimum atomic E-state index is -1.45. The lowest BCUT2D eigenvalue weighted by Gasteiger charge is -2.31. The van der Waals surface area contributed by atoms with E-state index in [1.54, 1.807) is 0 Å². The molecule has 166 valence electrons. The number of carbonyl (C=O) groups excluding carboxylic acids is 1. The van der Waals surface area contributed by atoms with Crippen molar-refractivity contribution in [3.8, 4) is 0 Å². The van der Waals surface area contributed by atoms with Gasteiger partial charge >= 0.3 is 5.97 Å². The molecule has 0 atom stereocenters. The monoisotopic (exact) mass is 436 g/mol. The number of hydrogen-bond donors (Lipinski definition) is 0. The van der Waals surface area contributed by atoms with Gasteiger partial charge in [-0.3, -0.25) is 4.79 Å². The summed E-state index contributed by atoms with van der Waals surface area (Å²) in [6.45, 7) is 12.1. The standard InChI is InChI=1S/C24H44O3Si2/c1-28(2,3)27-29(4,5)22-16-11-9-7-6-8-10-15-19-24(25)26-21-20-23-17-13-12-14-18-23/h12-14,17-18H,6-11,15-16,19-22H2,1-5H3. The number of hydrogen-bond acceptors (Lipinski definition) is 3. The Kier molecular flexibility index (Phi) is 12.7. The molecule has 1 aromatic carbocycles. The van der Waals surface area contributed by atoms with Gasteiger partial charge in [0.15, 0.2) is 16.6 Å². The molecule has 5 heteroatoms. The molecule has 0 aliphatic carbocycles. The van der Waals surface area contributed by atoms with E-state index in [9.17, 15) is 4.79 Å². The molecule has 0 saturated carbocycles. The Morgan fingerprint density at radius 3 is 1.93 bits per heavy atom. The Hall–Kier alpha value is -0.916. The van der Waals surface area contributed by atoms with Gasteiger partial charge in [0.25, 0.3) is 0 Å². The summed E-state index contributed by atoms with van der Waals surface area (Å²) in [5.74, 6) is -0.0479. The first-order valence-electron chi connectivity index (χ1n) is 11.6. The van der Waals surface area contributed by atoms with Crippen LogP contribution in [0.2, 0.25) is 38.8 Å². The van der Waals surface area contributed by atoms with Crippen LogP contribution in [0.15, 0.2) is 30.3 Å². The van der Waals surface area contributed by atoms with Crippen molar-refractivity contribution in [2.24, 2.45) is 0 Å². The van der Waals surface area contributed by atoms with Crippen LogP contribution in [0, 0.1) is 0 Å². The maximum absolute atomic E-state index is 11.8. The second-order valence-corrected chi connectivity index (χ2v) is 18.8. The van der Waals surface area contributed by atoms with Crippen molar-refractivity contribution in [1.82, 2.24) is 0 Å². The van der Waals surface area contributed by atoms with Crippen LogP contribution in [0.25, 0.3) is 0 Å². The van der Waals surface area contributed by atoms with Crippen LogP contribution in [-0.4, -0.2) is 29.2 Å². The van der Waals surface area contributed by atoms with E-state index in [0.29, 0.717) is 13.0 Å². The lowest BCUT2D eigenvalue weighted by Crippen LogP contribution is -2.42. The predicted molar refractivity (Wildman–Crippen MR) is 129 cm³/mol. The molecule has 0 bridgehead atoms. The van der Waals surface area contributed by atoms with Gasteiger partial charge in [-0.1, -0.05) is 75.3 Å². The van der Waals surface area contributed by atoms with Crippen LogP contribution in [-0.2, 0) is 20.1 Å². The summed E-state index contributed by atoms with van der Waals surface area (Å²) in [7, 11) is -2.84. The molecule has 1 aromatic rings. The number of rotatable bonds is 16. The zero-order valence-electron chi connectivity index (χ0n) is 19.6. The van der Waals surface area contributed by atoms with Gasteiger partial charge in [0, 0.05) is 12.8 Å². The molecule has 29 heavy (non-hydrogen) atoms. The molecule has 0 spiro atoms. The first-order chi connectivity index (χ1) is 13.7. The van der Waals surface area contributed by atoms with Gasteiger partial charge in [0.2, 0.25) is 0 Å². The molecule has 0 aliphatic rings. The van der Waals surface area contributed by atoms with Gasteiger partial charge in [-0.05, 0) is 50.8 Å². The largest absolute Gasteiger partial charge is 0.465 e. The van der Waals surface area contributed by atoms with E-state index >= 15 is 0 Å². The fraction of sp³-hybridized carbons (Fsp3) is 0.708. The molecular weight excluding hydrogens is 392 g/mol. The minimum absolute atomic E-state index is 0.0479. The Morgan fingerprint density at radius 1 is 0.793 bits per heavy atom. The summed E-state index contributed by atoms with van der Waals surface area (Å²) in [6, 6.07) is 11.5. The topological polar surface area (TPSA) is 35.5 Å². The SMILES string of the molecule is C[Si](C)(C)O[Si](C)(C)CCCCCCCCCCC(=O)OCCc1ccccc1. The molecule has 0 aromatic heterocycles. The highest BCUT2D eigenvalue weighted by atomic mass is 28.4. The molecule has 0 aliphatic heterocycles. The van der Waals surface area contributed by atoms with Gasteiger partial charge in [-0.2, -0.15) is 0 Å². The van der Waals surface area contributed by atoms with Crippen molar-refractivity contribution >= 4 is 22.6 Å². The normalized spacial score (nSPS) is 12.2. The van der Waals surface area contributed by atoms with Crippen molar-refractivity contribution in [2.75, 3.05) is 6.61 Å². The highest BCUT2D eigenvalue weighted by molar-refractivity contribution is 6.84. The third kappa shape index (κ3) is 15.6. The average molecular weight is 437 g/mol. The highest BCUT2D eigenvalue weighted by Gasteiger charge is 2.28. The van der Waals surface area contributed by atoms with Gasteiger partial charge < -0.3 is 8.85 Å². The van der Waals surface area contributed by atoms with Crippen molar-refractivity contribution in [2.45, 2.75) is 103 Å². The Labute approximate surface area is 181 Å². The Bertz CT molecular complexity index is 553. The summed E-state index contributed by atoms with van der Waals surface area (Å²) in [4.78, 5) is 11.8. The third-order valence-electron chi connectivity index (χ3n) is 4.99. The fourth-order valence-electron chi connectivity index (χ4n) is 3.76. The number of unbranched alkanes of at least 4 members (excludes halogenated alkanes) is 7. The van der Waals surface area contributed by atoms with Crippen molar-refractivity contribution in [3.05, 3.63) is 35.9 Å². The number of ether oxygens (including phenoxy) is 1. The Balaban J connectivity index is 1.90. The second-order valence-electron chi connectivity index (χ2n) is 9.76. The number of esters is 1. The highest BCUT2D eigenvalue weighted by Crippen LogP contribution is 2.21. The summed E-state index contributed by atoms with van der Waals surface area (Å²) in [5.41, 5.74) is 1.22. The van der Waals surface area contributed by atoms with Crippen LogP contribution in [0.4, 0.5) is 0 Å². The first-order valence-corrected chi connectivity index (χ1v) is 18.1. The van der Waals surface area contributed by atoms with E-state index in [4.69, 9.17) is 8.85 Å². The number of carbonyl (C=O) groups is 1. The first kappa shape index (κ1) is 26.1. The molecule has 0 amide bonds. The van der Waals surface area contributed by atoms with E-state index in [-0.39, 0.29) is 5.97 Å². The van der Waals surface area contributed by atoms with Crippen LogP contribution < -0.4 is 0 Å². The maximum Gasteiger partial charge on any atom is 0.305 e. The van der Waals surface area contributed by atoms with Crippen LogP contribution >= 0.6 is 0 Å². The van der Waals surface area contributed by atoms with E-state index < -0.39 is 16.6 Å². The quantitative estimate of drug-likeness (QED) is 0.154. The van der Waals surface area contributed by atoms with Crippen LogP contribution in [0.3, 0.4) is 0 Å². The lowest BCUT2D eigenvalue weighted by atomic mass is 10.1. The summed E-state index contributed by atoms with van der Waals surface area (Å²) in [5, 5.41) is 0. The summed E-state index contributed by atoms with van der Waals surface area (Å²) in [6.07, 6.45) is 11.3. The minimum Gasteiger partial charge on any atom is -0.465 e. The van der Waals surface area contributed by atoms with Gasteiger partial charge in [-0.25, -0.2) is 0 Å². The van der Waals surface area contributed by atoms with Crippen molar-refractivity contribution in [3.63, 3.8) is 0 Å². The van der Waals surface area contributed by atoms with Gasteiger partial charge in [0.05, 0.1) is 6.61 Å². The van der Waals surface area contributed by atoms with Gasteiger partial charge in [-0.15, -0.1) is 0 Å². The van der Waals surface area contributed by atoms with E-state index in [2.05, 4.69) is 44.9 Å². The molecule has 0 saturated heterocycles. The van der Waals surface area contributed by atoms with E-state index in [1.165, 1.54) is 50.1 Å². The third-order valence-corrected chi connectivity index (χ3v) is 11.2. The van der Waals surface area contributed by atoms with E-state index in [1.807, 2.05) is 18.2 Å². The fourth-order valence-corrected chi connectivity index (χ4v) is 11.9. The van der Waals surface area contributed by atoms with E-state index in [0.717, 1.165) is 19.3 Å². The van der Waals surface area contributed by atoms with Gasteiger partial charge in [0.1, 0.15) is 0 Å². The average Bonchev–Trinajstić information content (AvgIpc) is 2.62. The zero-order chi connectivity index (χ0) is 21.6. The molecule has 0 unspecified atom stereocenters. The zero-order valence-corrected chi connectivity index (χ0v) is 21.6. The van der Waals surface area contributed by atoms with Crippen LogP contribution in [0.1, 0.15) is 63.4 Å². The van der Waals surface area contributed by atoms with Crippen LogP contribution in [0.5, 0.6) is 0 Å².